The zero-order chi connectivity index (χ0) is 37.1. The molecule has 0 amide bonds. The van der Waals surface area contributed by atoms with Gasteiger partial charge in [0.15, 0.2) is 23.0 Å². The molecule has 0 aliphatic rings. The van der Waals surface area contributed by atoms with Gasteiger partial charge < -0.3 is 33.2 Å². The maximum absolute atomic E-state index is 6.36. The highest BCUT2D eigenvalue weighted by Crippen LogP contribution is 2.40. The van der Waals surface area contributed by atoms with E-state index in [1.165, 1.54) is 0 Å². The van der Waals surface area contributed by atoms with Gasteiger partial charge in [-0.25, -0.2) is 0 Å². The van der Waals surface area contributed by atoms with E-state index >= 15 is 0 Å². The Morgan fingerprint density at radius 2 is 0.327 bits per heavy atom. The second-order valence-electron chi connectivity index (χ2n) is 12.1. The Balaban J connectivity index is 0.871. The van der Waals surface area contributed by atoms with E-state index in [0.717, 1.165) is 23.0 Å². The zero-order valence-corrected chi connectivity index (χ0v) is 29.5. The van der Waals surface area contributed by atoms with E-state index in [0.29, 0.717) is 57.5 Å². The second kappa shape index (κ2) is 16.8. The van der Waals surface area contributed by atoms with Gasteiger partial charge in [-0.05, 0) is 146 Å². The third-order valence-electron chi connectivity index (χ3n) is 8.10. The number of ether oxygens (including phenoxy) is 7. The first-order valence-corrected chi connectivity index (χ1v) is 17.6. The molecular weight excluding hydrogens is 689 g/mol. The van der Waals surface area contributed by atoms with Crippen molar-refractivity contribution in [2.24, 2.45) is 0 Å². The van der Waals surface area contributed by atoms with Gasteiger partial charge >= 0.3 is 0 Å². The van der Waals surface area contributed by atoms with Gasteiger partial charge in [0.1, 0.15) is 57.5 Å². The number of hydrogen-bond donors (Lipinski definition) is 0. The second-order valence-corrected chi connectivity index (χ2v) is 12.1. The van der Waals surface area contributed by atoms with Crippen molar-refractivity contribution in [1.29, 1.82) is 0 Å². The summed E-state index contributed by atoms with van der Waals surface area (Å²) in [4.78, 5) is 0. The van der Waals surface area contributed by atoms with Crippen LogP contribution in [0.15, 0.2) is 206 Å². The molecule has 0 spiro atoms. The quantitative estimate of drug-likeness (QED) is 0.111. The van der Waals surface area contributed by atoms with Crippen molar-refractivity contribution in [3.8, 4) is 80.5 Å². The van der Waals surface area contributed by atoms with Crippen molar-refractivity contribution < 1.29 is 33.2 Å². The molecule has 0 saturated heterocycles. The summed E-state index contributed by atoms with van der Waals surface area (Å²) in [6.07, 6.45) is 0. The van der Waals surface area contributed by atoms with Crippen LogP contribution in [-0.4, -0.2) is 0 Å². The lowest BCUT2D eigenvalue weighted by molar-refractivity contribution is 0.393. The number of rotatable bonds is 14. The minimum absolute atomic E-state index is 0.528. The molecule has 0 N–H and O–H groups in total. The van der Waals surface area contributed by atoms with Crippen LogP contribution in [0.5, 0.6) is 80.5 Å². The van der Waals surface area contributed by atoms with Crippen molar-refractivity contribution in [2.45, 2.75) is 0 Å². The summed E-state index contributed by atoms with van der Waals surface area (Å²) in [7, 11) is 0. The van der Waals surface area contributed by atoms with Crippen LogP contribution in [0.1, 0.15) is 0 Å². The minimum Gasteiger partial charge on any atom is -0.457 e. The fourth-order valence-corrected chi connectivity index (χ4v) is 5.43. The third kappa shape index (κ3) is 9.43. The molecule has 7 nitrogen and oxygen atoms in total. The molecular formula is C48H34O7. The number of benzene rings is 8. The van der Waals surface area contributed by atoms with Crippen LogP contribution in [0.25, 0.3) is 0 Å². The predicted molar refractivity (Wildman–Crippen MR) is 212 cm³/mol. The van der Waals surface area contributed by atoms with Crippen molar-refractivity contribution in [3.05, 3.63) is 206 Å². The molecule has 0 fully saturated rings. The van der Waals surface area contributed by atoms with E-state index in [1.54, 1.807) is 0 Å². The minimum atomic E-state index is 0.528. The summed E-state index contributed by atoms with van der Waals surface area (Å²) in [5, 5.41) is 0. The monoisotopic (exact) mass is 722 g/mol. The Bertz CT molecular complexity index is 2240. The molecule has 0 aromatic heterocycles. The highest BCUT2D eigenvalue weighted by atomic mass is 16.5. The summed E-state index contributed by atoms with van der Waals surface area (Å²) in [5.74, 6) is 9.11. The molecule has 8 aromatic carbocycles. The van der Waals surface area contributed by atoms with Crippen molar-refractivity contribution in [2.75, 3.05) is 0 Å². The average Bonchev–Trinajstić information content (AvgIpc) is 3.23. The molecule has 0 aliphatic carbocycles. The molecule has 268 valence electrons. The number of para-hydroxylation sites is 6. The van der Waals surface area contributed by atoms with Gasteiger partial charge in [0.25, 0.3) is 0 Å². The molecule has 0 radical (unpaired) electrons. The Morgan fingerprint density at radius 3 is 0.582 bits per heavy atom. The molecule has 0 saturated carbocycles. The third-order valence-corrected chi connectivity index (χ3v) is 8.10. The van der Waals surface area contributed by atoms with Crippen LogP contribution in [0, 0.1) is 0 Å². The zero-order valence-electron chi connectivity index (χ0n) is 29.5. The largest absolute Gasteiger partial charge is 0.457 e. The van der Waals surface area contributed by atoms with Crippen LogP contribution >= 0.6 is 0 Å². The number of hydrogen-bond acceptors (Lipinski definition) is 7. The SMILES string of the molecule is c1ccc(Oc2ccc(Oc3ccc(Oc4ccccc4Oc4ccccc4Oc4ccc(Oc5ccc(Oc6ccccc6)cc5)cc4)cc3)cc2)cc1. The fourth-order valence-electron chi connectivity index (χ4n) is 5.43. The standard InChI is InChI=1S/C48H34O7/c1-3-11-35(12-4-1)49-37-19-23-39(24-20-37)51-41-27-31-43(32-28-41)53-45-15-7-9-17-47(45)55-48-18-10-8-16-46(48)54-44-33-29-42(30-34-44)52-40-25-21-38(22-26-40)50-36-13-5-2-6-14-36/h1-34H. The molecule has 0 heterocycles. The smallest absolute Gasteiger partial charge is 0.170 e. The molecule has 8 rings (SSSR count). The first-order chi connectivity index (χ1) is 27.2. The summed E-state index contributed by atoms with van der Waals surface area (Å²) in [6, 6.07) is 64.0. The average molecular weight is 723 g/mol. The molecule has 0 bridgehead atoms. The van der Waals surface area contributed by atoms with Gasteiger partial charge in [-0.2, -0.15) is 0 Å². The Hall–Kier alpha value is -7.64. The molecule has 0 unspecified atom stereocenters. The first-order valence-electron chi connectivity index (χ1n) is 17.6. The van der Waals surface area contributed by atoms with Crippen LogP contribution in [0.2, 0.25) is 0 Å². The van der Waals surface area contributed by atoms with Crippen LogP contribution in [0.3, 0.4) is 0 Å². The normalized spacial score (nSPS) is 10.5. The van der Waals surface area contributed by atoms with E-state index in [-0.39, 0.29) is 0 Å². The van der Waals surface area contributed by atoms with E-state index in [9.17, 15) is 0 Å². The van der Waals surface area contributed by atoms with Gasteiger partial charge in [-0.1, -0.05) is 60.7 Å². The summed E-state index contributed by atoms with van der Waals surface area (Å²) in [6.45, 7) is 0. The van der Waals surface area contributed by atoms with E-state index in [1.807, 2.05) is 206 Å². The van der Waals surface area contributed by atoms with Crippen molar-refractivity contribution >= 4 is 0 Å². The van der Waals surface area contributed by atoms with Crippen LogP contribution < -0.4 is 33.2 Å². The van der Waals surface area contributed by atoms with Gasteiger partial charge in [-0.15, -0.1) is 0 Å². The lowest BCUT2D eigenvalue weighted by Gasteiger charge is -2.15. The van der Waals surface area contributed by atoms with Gasteiger partial charge in [0.05, 0.1) is 0 Å². The van der Waals surface area contributed by atoms with E-state index < -0.39 is 0 Å². The van der Waals surface area contributed by atoms with Crippen LogP contribution in [-0.2, 0) is 0 Å². The van der Waals surface area contributed by atoms with Crippen molar-refractivity contribution in [1.82, 2.24) is 0 Å². The van der Waals surface area contributed by atoms with Crippen molar-refractivity contribution in [3.63, 3.8) is 0 Å². The molecule has 8 aromatic rings. The lowest BCUT2D eigenvalue weighted by atomic mass is 10.2. The maximum Gasteiger partial charge on any atom is 0.170 e. The summed E-state index contributed by atoms with van der Waals surface area (Å²) in [5.41, 5.74) is 0. The lowest BCUT2D eigenvalue weighted by Crippen LogP contribution is -1.93. The van der Waals surface area contributed by atoms with Gasteiger partial charge in [0.2, 0.25) is 0 Å². The fraction of sp³-hybridized carbons (Fsp3) is 0. The highest BCUT2D eigenvalue weighted by Gasteiger charge is 2.13. The molecule has 55 heavy (non-hydrogen) atoms. The van der Waals surface area contributed by atoms with E-state index in [4.69, 9.17) is 33.2 Å². The molecule has 0 aliphatic heterocycles. The summed E-state index contributed by atoms with van der Waals surface area (Å²) < 4.78 is 42.7. The van der Waals surface area contributed by atoms with Gasteiger partial charge in [0, 0.05) is 0 Å². The van der Waals surface area contributed by atoms with Gasteiger partial charge in [-0.3, -0.25) is 0 Å². The predicted octanol–water partition coefficient (Wildman–Crippen LogP) is 14.2. The Labute approximate surface area is 319 Å². The topological polar surface area (TPSA) is 64.6 Å². The van der Waals surface area contributed by atoms with E-state index in [2.05, 4.69) is 0 Å². The molecule has 0 atom stereocenters. The summed E-state index contributed by atoms with van der Waals surface area (Å²) >= 11 is 0. The van der Waals surface area contributed by atoms with Crippen LogP contribution in [0.4, 0.5) is 0 Å². The highest BCUT2D eigenvalue weighted by molar-refractivity contribution is 5.51. The Morgan fingerprint density at radius 1 is 0.145 bits per heavy atom. The Kier molecular flexibility index (Phi) is 10.5. The first kappa shape index (κ1) is 34.4. The molecule has 7 heteroatoms. The maximum atomic E-state index is 6.36.